The van der Waals surface area contributed by atoms with Crippen LogP contribution in [0.15, 0.2) is 0 Å². The Kier molecular flexibility index (Phi) is 5.60. The van der Waals surface area contributed by atoms with E-state index in [1.165, 1.54) is 19.5 Å². The molecule has 4 heteroatoms. The zero-order valence-corrected chi connectivity index (χ0v) is 12.4. The van der Waals surface area contributed by atoms with Crippen LogP contribution >= 0.6 is 0 Å². The lowest BCUT2D eigenvalue weighted by Crippen LogP contribution is -2.35. The van der Waals surface area contributed by atoms with Crippen molar-refractivity contribution in [2.45, 2.75) is 33.1 Å². The highest BCUT2D eigenvalue weighted by Crippen LogP contribution is 2.21. The molecule has 18 heavy (non-hydrogen) atoms. The van der Waals surface area contributed by atoms with Crippen molar-refractivity contribution >= 4 is 5.91 Å². The Hall–Kier alpha value is -0.610. The summed E-state index contributed by atoms with van der Waals surface area (Å²) in [5.74, 6) is 0.976. The smallest absolute Gasteiger partial charge is 0.222 e. The van der Waals surface area contributed by atoms with Gasteiger partial charge in [-0.2, -0.15) is 0 Å². The molecule has 0 aliphatic carbocycles. The Labute approximate surface area is 111 Å². The van der Waals surface area contributed by atoms with Gasteiger partial charge in [-0.1, -0.05) is 13.8 Å². The first-order valence-corrected chi connectivity index (χ1v) is 6.96. The first-order valence-electron chi connectivity index (χ1n) is 6.96. The average Bonchev–Trinajstić information content (AvgIpc) is 2.71. The van der Waals surface area contributed by atoms with Crippen LogP contribution in [0, 0.1) is 11.3 Å². The van der Waals surface area contributed by atoms with E-state index in [1.807, 2.05) is 25.8 Å². The fourth-order valence-corrected chi connectivity index (χ4v) is 2.38. The van der Waals surface area contributed by atoms with Gasteiger partial charge in [0, 0.05) is 26.6 Å². The second kappa shape index (κ2) is 6.53. The van der Waals surface area contributed by atoms with Crippen LogP contribution in [0.5, 0.6) is 0 Å². The third-order valence-electron chi connectivity index (χ3n) is 3.97. The molecule has 1 aliphatic heterocycles. The van der Waals surface area contributed by atoms with Crippen LogP contribution in [-0.4, -0.2) is 56.0 Å². The molecule has 1 aliphatic rings. The summed E-state index contributed by atoms with van der Waals surface area (Å²) in [6.07, 6.45) is 2.94. The molecule has 1 heterocycles. The average molecular weight is 255 g/mol. The van der Waals surface area contributed by atoms with Crippen LogP contribution < -0.4 is 5.73 Å². The van der Waals surface area contributed by atoms with Gasteiger partial charge >= 0.3 is 0 Å². The minimum absolute atomic E-state index is 0.0844. The van der Waals surface area contributed by atoms with Gasteiger partial charge in [0.05, 0.1) is 0 Å². The molecule has 0 bridgehead atoms. The lowest BCUT2D eigenvalue weighted by molar-refractivity contribution is -0.132. The molecule has 0 aromatic heterocycles. The van der Waals surface area contributed by atoms with Crippen LogP contribution in [-0.2, 0) is 4.79 Å². The van der Waals surface area contributed by atoms with E-state index in [2.05, 4.69) is 11.9 Å². The standard InChI is InChI=1S/C14H29N3O/c1-14(2,11-15)9-13(18)17(4)8-6-12-5-7-16(3)10-12/h12H,5-11,15H2,1-4H3. The normalized spacial score (nSPS) is 21.3. The zero-order chi connectivity index (χ0) is 13.8. The van der Waals surface area contributed by atoms with Crippen molar-refractivity contribution < 1.29 is 4.79 Å². The van der Waals surface area contributed by atoms with Gasteiger partial charge in [-0.3, -0.25) is 4.79 Å². The van der Waals surface area contributed by atoms with E-state index in [0.717, 1.165) is 18.9 Å². The van der Waals surface area contributed by atoms with Gasteiger partial charge in [0.1, 0.15) is 0 Å². The Morgan fingerprint density at radius 2 is 2.17 bits per heavy atom. The SMILES string of the molecule is CN1CCC(CCN(C)C(=O)CC(C)(C)CN)C1. The van der Waals surface area contributed by atoms with Gasteiger partial charge in [-0.15, -0.1) is 0 Å². The molecule has 1 unspecified atom stereocenters. The Bertz CT molecular complexity index is 278. The monoisotopic (exact) mass is 255 g/mol. The quantitative estimate of drug-likeness (QED) is 0.775. The minimum atomic E-state index is -0.0844. The lowest BCUT2D eigenvalue weighted by Gasteiger charge is -2.26. The molecule has 1 fully saturated rings. The number of hydrogen-bond donors (Lipinski definition) is 1. The number of nitrogens with zero attached hydrogens (tertiary/aromatic N) is 2. The van der Waals surface area contributed by atoms with Crippen molar-refractivity contribution in [2.24, 2.45) is 17.1 Å². The second-order valence-corrected chi connectivity index (χ2v) is 6.57. The summed E-state index contributed by atoms with van der Waals surface area (Å²) in [4.78, 5) is 16.3. The molecular weight excluding hydrogens is 226 g/mol. The van der Waals surface area contributed by atoms with E-state index in [9.17, 15) is 4.79 Å². The number of amides is 1. The van der Waals surface area contributed by atoms with Crippen molar-refractivity contribution in [3.05, 3.63) is 0 Å². The number of carbonyl (C=O) groups is 1. The van der Waals surface area contributed by atoms with Crippen molar-refractivity contribution in [2.75, 3.05) is 40.3 Å². The maximum atomic E-state index is 12.0. The van der Waals surface area contributed by atoms with Crippen LogP contribution in [0.3, 0.4) is 0 Å². The molecule has 1 saturated heterocycles. The molecular formula is C14H29N3O. The predicted octanol–water partition coefficient (Wildman–Crippen LogP) is 1.16. The fourth-order valence-electron chi connectivity index (χ4n) is 2.38. The van der Waals surface area contributed by atoms with E-state index in [4.69, 9.17) is 5.73 Å². The van der Waals surface area contributed by atoms with Crippen LogP contribution in [0.2, 0.25) is 0 Å². The second-order valence-electron chi connectivity index (χ2n) is 6.57. The molecule has 1 amide bonds. The number of hydrogen-bond acceptors (Lipinski definition) is 3. The Morgan fingerprint density at radius 3 is 2.67 bits per heavy atom. The van der Waals surface area contributed by atoms with Crippen LogP contribution in [0.25, 0.3) is 0 Å². The number of carbonyl (C=O) groups excluding carboxylic acids is 1. The van der Waals surface area contributed by atoms with Crippen LogP contribution in [0.1, 0.15) is 33.1 Å². The summed E-state index contributed by atoms with van der Waals surface area (Å²) >= 11 is 0. The lowest BCUT2D eigenvalue weighted by atomic mass is 9.89. The summed E-state index contributed by atoms with van der Waals surface area (Å²) in [5, 5.41) is 0. The maximum Gasteiger partial charge on any atom is 0.222 e. The van der Waals surface area contributed by atoms with Crippen LogP contribution in [0.4, 0.5) is 0 Å². The number of rotatable bonds is 6. The third-order valence-corrected chi connectivity index (χ3v) is 3.97. The summed E-state index contributed by atoms with van der Waals surface area (Å²) in [7, 11) is 4.08. The highest BCUT2D eigenvalue weighted by molar-refractivity contribution is 5.76. The van der Waals surface area contributed by atoms with E-state index in [0.29, 0.717) is 13.0 Å². The van der Waals surface area contributed by atoms with Crippen molar-refractivity contribution in [3.63, 3.8) is 0 Å². The van der Waals surface area contributed by atoms with E-state index >= 15 is 0 Å². The molecule has 0 radical (unpaired) electrons. The molecule has 0 aromatic carbocycles. The van der Waals surface area contributed by atoms with E-state index < -0.39 is 0 Å². The highest BCUT2D eigenvalue weighted by Gasteiger charge is 2.24. The number of nitrogens with two attached hydrogens (primary N) is 1. The first-order chi connectivity index (χ1) is 8.34. The zero-order valence-electron chi connectivity index (χ0n) is 12.4. The first kappa shape index (κ1) is 15.4. The van der Waals surface area contributed by atoms with Crippen molar-refractivity contribution in [1.82, 2.24) is 9.80 Å². The van der Waals surface area contributed by atoms with E-state index in [-0.39, 0.29) is 11.3 Å². The Morgan fingerprint density at radius 1 is 1.50 bits per heavy atom. The summed E-state index contributed by atoms with van der Waals surface area (Å²) in [6.45, 7) is 7.90. The van der Waals surface area contributed by atoms with Gasteiger partial charge in [0.25, 0.3) is 0 Å². The van der Waals surface area contributed by atoms with Gasteiger partial charge in [0.2, 0.25) is 5.91 Å². The number of likely N-dealkylation sites (tertiary alicyclic amines) is 1. The predicted molar refractivity (Wildman–Crippen MR) is 75.3 cm³/mol. The Balaban J connectivity index is 2.27. The van der Waals surface area contributed by atoms with Crippen molar-refractivity contribution in [1.29, 1.82) is 0 Å². The highest BCUT2D eigenvalue weighted by atomic mass is 16.2. The summed E-state index contributed by atoms with van der Waals surface area (Å²) in [5.41, 5.74) is 5.58. The summed E-state index contributed by atoms with van der Waals surface area (Å²) in [6, 6.07) is 0. The molecule has 0 saturated carbocycles. The topological polar surface area (TPSA) is 49.6 Å². The van der Waals surface area contributed by atoms with Gasteiger partial charge in [0.15, 0.2) is 0 Å². The maximum absolute atomic E-state index is 12.0. The molecule has 1 atom stereocenters. The largest absolute Gasteiger partial charge is 0.346 e. The molecule has 0 spiro atoms. The van der Waals surface area contributed by atoms with E-state index in [1.54, 1.807) is 0 Å². The minimum Gasteiger partial charge on any atom is -0.346 e. The van der Waals surface area contributed by atoms with Gasteiger partial charge < -0.3 is 15.5 Å². The van der Waals surface area contributed by atoms with Gasteiger partial charge in [-0.25, -0.2) is 0 Å². The summed E-state index contributed by atoms with van der Waals surface area (Å²) < 4.78 is 0. The molecule has 0 aromatic rings. The van der Waals surface area contributed by atoms with Gasteiger partial charge in [-0.05, 0) is 44.3 Å². The third kappa shape index (κ3) is 4.94. The fraction of sp³-hybridized carbons (Fsp3) is 0.929. The molecule has 106 valence electrons. The van der Waals surface area contributed by atoms with Crippen molar-refractivity contribution in [3.8, 4) is 0 Å². The molecule has 1 rings (SSSR count). The molecule has 2 N–H and O–H groups in total. The molecule has 4 nitrogen and oxygen atoms in total.